The van der Waals surface area contributed by atoms with Crippen LogP contribution in [-0.4, -0.2) is 23.3 Å². The monoisotopic (exact) mass is 341 g/mol. The maximum Gasteiger partial charge on any atom is 0.176 e. The van der Waals surface area contributed by atoms with Crippen molar-refractivity contribution >= 4 is 40.3 Å². The van der Waals surface area contributed by atoms with Gasteiger partial charge < -0.3 is 0 Å². The van der Waals surface area contributed by atoms with Crippen molar-refractivity contribution in [2.24, 2.45) is 0 Å². The molecule has 0 N–H and O–H groups in total. The van der Waals surface area contributed by atoms with Crippen molar-refractivity contribution in [1.82, 2.24) is 4.90 Å². The fourth-order valence-corrected chi connectivity index (χ4v) is 3.00. The number of carbonyl (C=O) groups is 1. The van der Waals surface area contributed by atoms with Gasteiger partial charge >= 0.3 is 0 Å². The first kappa shape index (κ1) is 16.5. The van der Waals surface area contributed by atoms with Gasteiger partial charge in [-0.25, -0.2) is 0 Å². The Morgan fingerprint density at radius 1 is 1.24 bits per heavy atom. The second-order valence-corrected chi connectivity index (χ2v) is 6.98. The van der Waals surface area contributed by atoms with Crippen LogP contribution in [0.2, 0.25) is 10.0 Å². The fraction of sp³-hybridized carbons (Fsp3) is 0.312. The van der Waals surface area contributed by atoms with Gasteiger partial charge in [-0.3, -0.25) is 9.69 Å². The number of hydrogen-bond acceptors (Lipinski definition) is 3. The number of hydrogen-bond donors (Lipinski definition) is 0. The van der Waals surface area contributed by atoms with Crippen molar-refractivity contribution in [3.8, 4) is 0 Å². The molecule has 2 aromatic rings. The molecule has 21 heavy (non-hydrogen) atoms. The first-order valence-electron chi connectivity index (χ1n) is 6.72. The standard InChI is InChI=1S/C16H17Cl2NOS/c1-11(2)19(9-13-4-3-7-21-13)10-16(20)12-5-6-14(17)15(18)8-12/h3-8,11H,9-10H2,1-2H3. The van der Waals surface area contributed by atoms with Crippen LogP contribution in [0, 0.1) is 0 Å². The lowest BCUT2D eigenvalue weighted by molar-refractivity contribution is 0.0899. The van der Waals surface area contributed by atoms with Gasteiger partial charge in [0.2, 0.25) is 0 Å². The maximum atomic E-state index is 12.4. The van der Waals surface area contributed by atoms with E-state index >= 15 is 0 Å². The van der Waals surface area contributed by atoms with Gasteiger partial charge in [-0.05, 0) is 43.5 Å². The summed E-state index contributed by atoms with van der Waals surface area (Å²) in [7, 11) is 0. The molecule has 0 aliphatic heterocycles. The Labute approximate surface area is 139 Å². The molecule has 0 saturated carbocycles. The molecule has 112 valence electrons. The molecule has 1 aromatic carbocycles. The number of thiophene rings is 1. The summed E-state index contributed by atoms with van der Waals surface area (Å²) in [5.74, 6) is 0.0545. The quantitative estimate of drug-likeness (QED) is 0.677. The molecule has 0 aliphatic rings. The second-order valence-electron chi connectivity index (χ2n) is 5.13. The Morgan fingerprint density at radius 2 is 2.00 bits per heavy atom. The highest BCUT2D eigenvalue weighted by Crippen LogP contribution is 2.23. The number of Topliss-reactive ketones (excluding diaryl/α,β-unsaturated/α-hetero) is 1. The molecule has 0 radical (unpaired) electrons. The Hall–Kier alpha value is -0.870. The highest BCUT2D eigenvalue weighted by molar-refractivity contribution is 7.09. The van der Waals surface area contributed by atoms with E-state index in [1.54, 1.807) is 29.5 Å². The molecule has 0 fully saturated rings. The van der Waals surface area contributed by atoms with E-state index in [2.05, 4.69) is 30.2 Å². The predicted octanol–water partition coefficient (Wildman–Crippen LogP) is 5.15. The average molecular weight is 342 g/mol. The van der Waals surface area contributed by atoms with E-state index < -0.39 is 0 Å². The molecule has 5 heteroatoms. The molecule has 0 bridgehead atoms. The lowest BCUT2D eigenvalue weighted by atomic mass is 10.1. The van der Waals surface area contributed by atoms with Crippen molar-refractivity contribution < 1.29 is 4.79 Å². The minimum absolute atomic E-state index is 0.0545. The number of carbonyl (C=O) groups excluding carboxylic acids is 1. The summed E-state index contributed by atoms with van der Waals surface area (Å²) in [6.07, 6.45) is 0. The van der Waals surface area contributed by atoms with E-state index in [9.17, 15) is 4.79 Å². The van der Waals surface area contributed by atoms with Crippen molar-refractivity contribution in [1.29, 1.82) is 0 Å². The van der Waals surface area contributed by atoms with E-state index in [-0.39, 0.29) is 5.78 Å². The summed E-state index contributed by atoms with van der Waals surface area (Å²) in [6, 6.07) is 9.42. The molecule has 1 heterocycles. The van der Waals surface area contributed by atoms with Crippen LogP contribution in [0.4, 0.5) is 0 Å². The summed E-state index contributed by atoms with van der Waals surface area (Å²) < 4.78 is 0. The van der Waals surface area contributed by atoms with Crippen LogP contribution >= 0.6 is 34.5 Å². The van der Waals surface area contributed by atoms with Crippen LogP contribution < -0.4 is 0 Å². The van der Waals surface area contributed by atoms with E-state index in [1.165, 1.54) is 4.88 Å². The van der Waals surface area contributed by atoms with E-state index in [0.29, 0.717) is 28.2 Å². The zero-order valence-electron chi connectivity index (χ0n) is 12.0. The summed E-state index contributed by atoms with van der Waals surface area (Å²) in [5, 5.41) is 2.93. The smallest absolute Gasteiger partial charge is 0.176 e. The maximum absolute atomic E-state index is 12.4. The van der Waals surface area contributed by atoms with E-state index in [1.807, 2.05) is 6.07 Å². The molecule has 0 spiro atoms. The Balaban J connectivity index is 2.09. The van der Waals surface area contributed by atoms with Crippen molar-refractivity contribution in [2.45, 2.75) is 26.4 Å². The Morgan fingerprint density at radius 3 is 2.57 bits per heavy atom. The molecule has 0 saturated heterocycles. The van der Waals surface area contributed by atoms with E-state index in [0.717, 1.165) is 6.54 Å². The van der Waals surface area contributed by atoms with Crippen molar-refractivity contribution in [3.63, 3.8) is 0 Å². The number of halogens is 2. The van der Waals surface area contributed by atoms with Crippen LogP contribution in [0.5, 0.6) is 0 Å². The van der Waals surface area contributed by atoms with Gasteiger partial charge in [0.15, 0.2) is 5.78 Å². The zero-order chi connectivity index (χ0) is 15.4. The summed E-state index contributed by atoms with van der Waals surface area (Å²) in [4.78, 5) is 15.8. The van der Waals surface area contributed by atoms with Gasteiger partial charge in [0.25, 0.3) is 0 Å². The van der Waals surface area contributed by atoms with Gasteiger partial charge in [0.1, 0.15) is 0 Å². The number of nitrogens with zero attached hydrogens (tertiary/aromatic N) is 1. The highest BCUT2D eigenvalue weighted by Gasteiger charge is 2.17. The summed E-state index contributed by atoms with van der Waals surface area (Å²) in [5.41, 5.74) is 0.598. The van der Waals surface area contributed by atoms with Crippen LogP contribution in [0.15, 0.2) is 35.7 Å². The summed E-state index contributed by atoms with van der Waals surface area (Å²) >= 11 is 13.6. The minimum atomic E-state index is 0.0545. The summed E-state index contributed by atoms with van der Waals surface area (Å²) in [6.45, 7) is 5.33. The Bertz CT molecular complexity index is 611. The number of ketones is 1. The van der Waals surface area contributed by atoms with Crippen LogP contribution in [0.3, 0.4) is 0 Å². The molecule has 0 unspecified atom stereocenters. The lowest BCUT2D eigenvalue weighted by Crippen LogP contribution is -2.35. The van der Waals surface area contributed by atoms with Gasteiger partial charge in [0, 0.05) is 23.0 Å². The number of benzene rings is 1. The average Bonchev–Trinajstić information content (AvgIpc) is 2.93. The topological polar surface area (TPSA) is 20.3 Å². The molecule has 0 aliphatic carbocycles. The SMILES string of the molecule is CC(C)N(CC(=O)c1ccc(Cl)c(Cl)c1)Cc1cccs1. The Kier molecular flexibility index (Phi) is 5.82. The third kappa shape index (κ3) is 4.55. The lowest BCUT2D eigenvalue weighted by Gasteiger charge is -2.25. The number of rotatable bonds is 6. The molecular formula is C16H17Cl2NOS. The van der Waals surface area contributed by atoms with Crippen LogP contribution in [0.25, 0.3) is 0 Å². The normalized spacial score (nSPS) is 11.3. The van der Waals surface area contributed by atoms with Gasteiger partial charge in [-0.1, -0.05) is 29.3 Å². The molecule has 2 rings (SSSR count). The zero-order valence-corrected chi connectivity index (χ0v) is 14.3. The van der Waals surface area contributed by atoms with Crippen LogP contribution in [-0.2, 0) is 6.54 Å². The predicted molar refractivity (Wildman–Crippen MR) is 90.7 cm³/mol. The third-order valence-corrected chi connectivity index (χ3v) is 4.86. The molecular weight excluding hydrogens is 325 g/mol. The molecule has 0 amide bonds. The molecule has 1 aromatic heterocycles. The first-order valence-corrected chi connectivity index (χ1v) is 8.35. The largest absolute Gasteiger partial charge is 0.293 e. The van der Waals surface area contributed by atoms with Crippen molar-refractivity contribution in [3.05, 3.63) is 56.2 Å². The second kappa shape index (κ2) is 7.41. The minimum Gasteiger partial charge on any atom is -0.293 e. The van der Waals surface area contributed by atoms with Gasteiger partial charge in [-0.2, -0.15) is 0 Å². The first-order chi connectivity index (χ1) is 9.97. The van der Waals surface area contributed by atoms with Gasteiger partial charge in [0.05, 0.1) is 16.6 Å². The fourth-order valence-electron chi connectivity index (χ4n) is 1.97. The molecule has 2 nitrogen and oxygen atoms in total. The van der Waals surface area contributed by atoms with E-state index in [4.69, 9.17) is 23.2 Å². The van der Waals surface area contributed by atoms with Crippen molar-refractivity contribution in [2.75, 3.05) is 6.54 Å². The van der Waals surface area contributed by atoms with Gasteiger partial charge in [-0.15, -0.1) is 11.3 Å². The highest BCUT2D eigenvalue weighted by atomic mass is 35.5. The third-order valence-electron chi connectivity index (χ3n) is 3.26. The van der Waals surface area contributed by atoms with Crippen LogP contribution in [0.1, 0.15) is 29.1 Å². The molecule has 0 atom stereocenters.